The summed E-state index contributed by atoms with van der Waals surface area (Å²) < 4.78 is 6.56. The molecular weight excluding hydrogens is 358 g/mol. The van der Waals surface area contributed by atoms with Crippen molar-refractivity contribution in [1.82, 2.24) is 5.32 Å². The predicted octanol–water partition coefficient (Wildman–Crippen LogP) is 3.17. The van der Waals surface area contributed by atoms with Crippen LogP contribution < -0.4 is 5.32 Å². The van der Waals surface area contributed by atoms with Gasteiger partial charge in [-0.15, -0.1) is 0 Å². The molecule has 2 N–H and O–H groups in total. The maximum absolute atomic E-state index is 12.0. The molecule has 1 rings (SSSR count). The molecule has 1 aromatic rings. The van der Waals surface area contributed by atoms with E-state index in [9.17, 15) is 9.90 Å². The Balaban J connectivity index is 2.38. The molecule has 0 aromatic heterocycles. The van der Waals surface area contributed by atoms with Crippen molar-refractivity contribution in [1.29, 1.82) is 0 Å². The van der Waals surface area contributed by atoms with Crippen LogP contribution in [0, 0.1) is 11.8 Å². The van der Waals surface area contributed by atoms with E-state index < -0.39 is 6.10 Å². The number of aliphatic hydroxyl groups is 1. The van der Waals surface area contributed by atoms with Gasteiger partial charge in [0.15, 0.2) is 0 Å². The van der Waals surface area contributed by atoms with Crippen LogP contribution in [0.1, 0.15) is 32.8 Å². The van der Waals surface area contributed by atoms with Crippen LogP contribution in [0.4, 0.5) is 0 Å². The number of ether oxygens (including phenoxy) is 1. The van der Waals surface area contributed by atoms with Crippen LogP contribution in [0.5, 0.6) is 0 Å². The number of nitrogens with one attached hydrogen (secondary N) is 1. The number of hydrogen-bond donors (Lipinski definition) is 2. The average molecular weight is 386 g/mol. The van der Waals surface area contributed by atoms with Gasteiger partial charge < -0.3 is 15.2 Å². The van der Waals surface area contributed by atoms with Crippen molar-refractivity contribution >= 4 is 21.8 Å². The average Bonchev–Trinajstić information content (AvgIpc) is 2.52. The Morgan fingerprint density at radius 2 is 2.00 bits per heavy atom. The van der Waals surface area contributed by atoms with Crippen molar-refractivity contribution in [2.45, 2.75) is 39.7 Å². The third-order valence-corrected chi connectivity index (χ3v) is 4.50. The van der Waals surface area contributed by atoms with Gasteiger partial charge >= 0.3 is 0 Å². The van der Waals surface area contributed by atoms with Gasteiger partial charge in [-0.25, -0.2) is 0 Å². The second kappa shape index (κ2) is 10.8. The van der Waals surface area contributed by atoms with E-state index >= 15 is 0 Å². The van der Waals surface area contributed by atoms with Crippen LogP contribution in [0.3, 0.4) is 0 Å². The first-order chi connectivity index (χ1) is 10.9. The van der Waals surface area contributed by atoms with Crippen molar-refractivity contribution in [3.63, 3.8) is 0 Å². The van der Waals surface area contributed by atoms with Crippen LogP contribution in [0.15, 0.2) is 28.7 Å². The van der Waals surface area contributed by atoms with Crippen molar-refractivity contribution in [2.24, 2.45) is 11.8 Å². The Kier molecular flexibility index (Phi) is 9.44. The summed E-state index contributed by atoms with van der Waals surface area (Å²) >= 11 is 3.51. The molecule has 0 heterocycles. The molecule has 0 saturated carbocycles. The molecule has 4 nitrogen and oxygen atoms in total. The summed E-state index contributed by atoms with van der Waals surface area (Å²) in [4.78, 5) is 12.0. The minimum atomic E-state index is -0.462. The third kappa shape index (κ3) is 7.95. The number of carbonyl (C=O) groups is 1. The van der Waals surface area contributed by atoms with Gasteiger partial charge in [-0.1, -0.05) is 48.0 Å². The summed E-state index contributed by atoms with van der Waals surface area (Å²) in [5.74, 6) is 0.424. The molecule has 0 unspecified atom stereocenters. The van der Waals surface area contributed by atoms with Gasteiger partial charge in [0.05, 0.1) is 0 Å². The Morgan fingerprint density at radius 3 is 2.61 bits per heavy atom. The van der Waals surface area contributed by atoms with Crippen molar-refractivity contribution < 1.29 is 14.6 Å². The number of benzene rings is 1. The lowest BCUT2D eigenvalue weighted by Gasteiger charge is -2.18. The highest BCUT2D eigenvalue weighted by Gasteiger charge is 2.16. The topological polar surface area (TPSA) is 58.6 Å². The lowest BCUT2D eigenvalue weighted by Crippen LogP contribution is -2.38. The van der Waals surface area contributed by atoms with Crippen molar-refractivity contribution in [3.8, 4) is 0 Å². The zero-order chi connectivity index (χ0) is 17.2. The fraction of sp³-hybridized carbons (Fsp3) is 0.611. The normalized spacial score (nSPS) is 13.8. The lowest BCUT2D eigenvalue weighted by molar-refractivity contribution is -0.132. The third-order valence-electron chi connectivity index (χ3n) is 3.72. The van der Waals surface area contributed by atoms with Gasteiger partial charge in [-0.2, -0.15) is 0 Å². The van der Waals surface area contributed by atoms with E-state index in [0.717, 1.165) is 16.5 Å². The maximum atomic E-state index is 12.0. The molecule has 0 fully saturated rings. The standard InChI is InChI=1S/C18H28BrNO3/c1-13(2)8-9-23-14(3)18(22)20-11-15(12-21)10-16-6-4-5-7-17(16)19/h4-7,13-15,21H,8-12H2,1-3H3,(H,20,22)/t14-,15+/m0/s1. The SMILES string of the molecule is CC(C)CCO[C@@H](C)C(=O)NC[C@H](CO)Cc1ccccc1Br. The zero-order valence-corrected chi connectivity index (χ0v) is 15.8. The molecule has 23 heavy (non-hydrogen) atoms. The van der Waals surface area contributed by atoms with Crippen LogP contribution in [0.2, 0.25) is 0 Å². The van der Waals surface area contributed by atoms with E-state index in [1.54, 1.807) is 6.92 Å². The van der Waals surface area contributed by atoms with Gasteiger partial charge in [-0.05, 0) is 37.3 Å². The molecule has 0 spiro atoms. The van der Waals surface area contributed by atoms with E-state index in [1.807, 2.05) is 24.3 Å². The minimum Gasteiger partial charge on any atom is -0.396 e. The molecule has 2 atom stereocenters. The van der Waals surface area contributed by atoms with Crippen molar-refractivity contribution in [2.75, 3.05) is 19.8 Å². The highest BCUT2D eigenvalue weighted by molar-refractivity contribution is 9.10. The highest BCUT2D eigenvalue weighted by atomic mass is 79.9. The number of amides is 1. The molecule has 0 radical (unpaired) electrons. The number of rotatable bonds is 10. The van der Waals surface area contributed by atoms with Crippen LogP contribution in [-0.4, -0.2) is 36.9 Å². The number of halogens is 1. The second-order valence-electron chi connectivity index (χ2n) is 6.28. The molecule has 1 aromatic carbocycles. The summed E-state index contributed by atoms with van der Waals surface area (Å²) in [7, 11) is 0. The van der Waals surface area contributed by atoms with E-state index in [0.29, 0.717) is 25.5 Å². The summed E-state index contributed by atoms with van der Waals surface area (Å²) in [5, 5.41) is 12.4. The Labute approximate surface area is 147 Å². The van der Waals surface area contributed by atoms with Crippen LogP contribution in [0.25, 0.3) is 0 Å². The number of hydrogen-bond acceptors (Lipinski definition) is 3. The Morgan fingerprint density at radius 1 is 1.30 bits per heavy atom. The van der Waals surface area contributed by atoms with Gasteiger partial charge in [0, 0.05) is 30.1 Å². The fourth-order valence-corrected chi connectivity index (χ4v) is 2.57. The van der Waals surface area contributed by atoms with E-state index in [2.05, 4.69) is 35.1 Å². The Bertz CT molecular complexity index is 479. The van der Waals surface area contributed by atoms with E-state index in [1.165, 1.54) is 0 Å². The first kappa shape index (κ1) is 20.1. The molecule has 0 aliphatic rings. The summed E-state index contributed by atoms with van der Waals surface area (Å²) in [6.45, 7) is 7.08. The van der Waals surface area contributed by atoms with E-state index in [4.69, 9.17) is 4.74 Å². The first-order valence-corrected chi connectivity index (χ1v) is 8.96. The minimum absolute atomic E-state index is 0.0134. The fourth-order valence-electron chi connectivity index (χ4n) is 2.12. The van der Waals surface area contributed by atoms with Gasteiger partial charge in [0.1, 0.15) is 6.10 Å². The predicted molar refractivity (Wildman–Crippen MR) is 96.3 cm³/mol. The molecule has 1 amide bonds. The second-order valence-corrected chi connectivity index (χ2v) is 7.14. The summed E-state index contributed by atoms with van der Waals surface area (Å²) in [5.41, 5.74) is 1.13. The van der Waals surface area contributed by atoms with Crippen LogP contribution >= 0.6 is 15.9 Å². The zero-order valence-electron chi connectivity index (χ0n) is 14.2. The molecule has 0 aliphatic heterocycles. The lowest BCUT2D eigenvalue weighted by atomic mass is 10.00. The summed E-state index contributed by atoms with van der Waals surface area (Å²) in [6, 6.07) is 7.93. The largest absolute Gasteiger partial charge is 0.396 e. The molecular formula is C18H28BrNO3. The maximum Gasteiger partial charge on any atom is 0.248 e. The molecule has 0 saturated heterocycles. The smallest absolute Gasteiger partial charge is 0.248 e. The Hall–Kier alpha value is -0.910. The molecule has 130 valence electrons. The highest BCUT2D eigenvalue weighted by Crippen LogP contribution is 2.19. The quantitative estimate of drug-likeness (QED) is 0.650. The van der Waals surface area contributed by atoms with E-state index in [-0.39, 0.29) is 18.4 Å². The van der Waals surface area contributed by atoms with Gasteiger partial charge in [0.25, 0.3) is 0 Å². The molecule has 0 bridgehead atoms. The molecule has 5 heteroatoms. The van der Waals surface area contributed by atoms with Gasteiger partial charge in [-0.3, -0.25) is 4.79 Å². The van der Waals surface area contributed by atoms with Gasteiger partial charge in [0.2, 0.25) is 5.91 Å². The number of aliphatic hydroxyl groups excluding tert-OH is 1. The van der Waals surface area contributed by atoms with Crippen LogP contribution in [-0.2, 0) is 16.0 Å². The molecule has 0 aliphatic carbocycles. The first-order valence-electron chi connectivity index (χ1n) is 8.17. The monoisotopic (exact) mass is 385 g/mol. The summed E-state index contributed by atoms with van der Waals surface area (Å²) in [6.07, 6.45) is 1.19. The van der Waals surface area contributed by atoms with Crippen molar-refractivity contribution in [3.05, 3.63) is 34.3 Å². The number of carbonyl (C=O) groups excluding carboxylic acids is 1.